The fourth-order valence-corrected chi connectivity index (χ4v) is 4.52. The molecule has 1 aromatic rings. The zero-order valence-corrected chi connectivity index (χ0v) is 13.6. The monoisotopic (exact) mass is 316 g/mol. The van der Waals surface area contributed by atoms with Gasteiger partial charge in [0.05, 0.1) is 5.02 Å². The fourth-order valence-electron chi connectivity index (χ4n) is 2.38. The van der Waals surface area contributed by atoms with Crippen LogP contribution in [0.15, 0.2) is 23.1 Å². The number of sulfonamides is 1. The van der Waals surface area contributed by atoms with E-state index in [2.05, 4.69) is 5.32 Å². The Hall–Kier alpha value is -0.620. The number of piperazine rings is 1. The SMILES string of the molecule is CC(C)c1ccc(Cl)c(S(=O)(=O)N2CCNC[C@H]2C)c1. The lowest BCUT2D eigenvalue weighted by atomic mass is 10.0. The Balaban J connectivity index is 2.45. The van der Waals surface area contributed by atoms with Crippen LogP contribution in [0.25, 0.3) is 0 Å². The molecule has 1 N–H and O–H groups in total. The molecule has 0 spiro atoms. The summed E-state index contributed by atoms with van der Waals surface area (Å²) in [5.41, 5.74) is 0.982. The molecule has 0 bridgehead atoms. The van der Waals surface area contributed by atoms with Crippen LogP contribution in [0.2, 0.25) is 5.02 Å². The zero-order chi connectivity index (χ0) is 14.9. The van der Waals surface area contributed by atoms with Crippen LogP contribution in [0.3, 0.4) is 0 Å². The number of nitrogens with zero attached hydrogens (tertiary/aromatic N) is 1. The van der Waals surface area contributed by atoms with Crippen LogP contribution in [0.5, 0.6) is 0 Å². The van der Waals surface area contributed by atoms with Crippen molar-refractivity contribution in [3.05, 3.63) is 28.8 Å². The minimum absolute atomic E-state index is 0.0625. The van der Waals surface area contributed by atoms with E-state index in [4.69, 9.17) is 11.6 Å². The van der Waals surface area contributed by atoms with Gasteiger partial charge in [-0.25, -0.2) is 8.42 Å². The van der Waals surface area contributed by atoms with Crippen molar-refractivity contribution in [3.63, 3.8) is 0 Å². The molecule has 0 saturated carbocycles. The molecule has 112 valence electrons. The number of hydrogen-bond acceptors (Lipinski definition) is 3. The van der Waals surface area contributed by atoms with Gasteiger partial charge in [-0.3, -0.25) is 0 Å². The minimum Gasteiger partial charge on any atom is -0.314 e. The molecular formula is C14H21ClN2O2S. The first kappa shape index (κ1) is 15.8. The summed E-state index contributed by atoms with van der Waals surface area (Å²) in [4.78, 5) is 0.221. The van der Waals surface area contributed by atoms with Crippen molar-refractivity contribution in [2.45, 2.75) is 37.6 Å². The Bertz CT molecular complexity index is 587. The Kier molecular flexibility index (Phi) is 4.74. The fraction of sp³-hybridized carbons (Fsp3) is 0.571. The lowest BCUT2D eigenvalue weighted by Crippen LogP contribution is -2.52. The molecule has 0 aliphatic carbocycles. The van der Waals surface area contributed by atoms with Crippen molar-refractivity contribution in [3.8, 4) is 0 Å². The summed E-state index contributed by atoms with van der Waals surface area (Å²) in [6.07, 6.45) is 0. The van der Waals surface area contributed by atoms with Crippen molar-refractivity contribution >= 4 is 21.6 Å². The molecule has 1 fully saturated rings. The van der Waals surface area contributed by atoms with Gasteiger partial charge in [0.1, 0.15) is 4.90 Å². The molecule has 4 nitrogen and oxygen atoms in total. The van der Waals surface area contributed by atoms with E-state index in [0.717, 1.165) is 5.56 Å². The van der Waals surface area contributed by atoms with E-state index < -0.39 is 10.0 Å². The van der Waals surface area contributed by atoms with Gasteiger partial charge in [0, 0.05) is 25.7 Å². The molecule has 1 atom stereocenters. The molecule has 0 radical (unpaired) electrons. The Morgan fingerprint density at radius 3 is 2.70 bits per heavy atom. The molecule has 0 amide bonds. The largest absolute Gasteiger partial charge is 0.314 e. The maximum absolute atomic E-state index is 12.8. The summed E-state index contributed by atoms with van der Waals surface area (Å²) >= 11 is 6.13. The predicted molar refractivity (Wildman–Crippen MR) is 81.8 cm³/mol. The summed E-state index contributed by atoms with van der Waals surface area (Å²) in [5.74, 6) is 0.265. The maximum atomic E-state index is 12.8. The summed E-state index contributed by atoms with van der Waals surface area (Å²) in [5, 5.41) is 3.48. The maximum Gasteiger partial charge on any atom is 0.244 e. The highest BCUT2D eigenvalue weighted by Gasteiger charge is 2.32. The van der Waals surface area contributed by atoms with Crippen molar-refractivity contribution < 1.29 is 8.42 Å². The van der Waals surface area contributed by atoms with Crippen LogP contribution >= 0.6 is 11.6 Å². The van der Waals surface area contributed by atoms with Gasteiger partial charge in [0.2, 0.25) is 10.0 Å². The normalized spacial score (nSPS) is 21.4. The van der Waals surface area contributed by atoms with Gasteiger partial charge >= 0.3 is 0 Å². The third-order valence-electron chi connectivity index (χ3n) is 3.65. The molecule has 6 heteroatoms. The van der Waals surface area contributed by atoms with Gasteiger partial charge in [0.25, 0.3) is 0 Å². The lowest BCUT2D eigenvalue weighted by molar-refractivity contribution is 0.284. The number of hydrogen-bond donors (Lipinski definition) is 1. The molecule has 1 saturated heterocycles. The van der Waals surface area contributed by atoms with Gasteiger partial charge in [-0.2, -0.15) is 4.31 Å². The molecule has 0 aromatic heterocycles. The van der Waals surface area contributed by atoms with Crippen molar-refractivity contribution in [2.24, 2.45) is 0 Å². The molecule has 1 aliphatic heterocycles. The minimum atomic E-state index is -3.54. The predicted octanol–water partition coefficient (Wildman–Crippen LogP) is 2.45. The molecule has 2 rings (SSSR count). The Morgan fingerprint density at radius 1 is 1.40 bits per heavy atom. The van der Waals surface area contributed by atoms with Crippen LogP contribution in [-0.2, 0) is 10.0 Å². The van der Waals surface area contributed by atoms with Crippen molar-refractivity contribution in [1.29, 1.82) is 0 Å². The van der Waals surface area contributed by atoms with E-state index in [1.54, 1.807) is 12.1 Å². The standard InChI is InChI=1S/C14H21ClN2O2S/c1-10(2)12-4-5-13(15)14(8-12)20(18,19)17-7-6-16-9-11(17)3/h4-5,8,10-11,16H,6-7,9H2,1-3H3/t11-/m1/s1. The Labute approximate surface area is 126 Å². The van der Waals surface area contributed by atoms with Crippen LogP contribution < -0.4 is 5.32 Å². The molecular weight excluding hydrogens is 296 g/mol. The summed E-state index contributed by atoms with van der Waals surface area (Å²) in [6.45, 7) is 7.79. The Morgan fingerprint density at radius 2 is 2.10 bits per heavy atom. The van der Waals surface area contributed by atoms with E-state index in [1.165, 1.54) is 4.31 Å². The first-order valence-electron chi connectivity index (χ1n) is 6.86. The summed E-state index contributed by atoms with van der Waals surface area (Å²) in [7, 11) is -3.54. The average molecular weight is 317 g/mol. The van der Waals surface area contributed by atoms with E-state index in [-0.39, 0.29) is 16.9 Å². The first-order chi connectivity index (χ1) is 9.34. The number of halogens is 1. The van der Waals surface area contributed by atoms with Crippen LogP contribution in [0, 0.1) is 0 Å². The van der Waals surface area contributed by atoms with Gasteiger partial charge in [-0.15, -0.1) is 0 Å². The van der Waals surface area contributed by atoms with Gasteiger partial charge < -0.3 is 5.32 Å². The van der Waals surface area contributed by atoms with E-state index in [9.17, 15) is 8.42 Å². The van der Waals surface area contributed by atoms with Crippen LogP contribution in [-0.4, -0.2) is 38.4 Å². The molecule has 1 aromatic carbocycles. The first-order valence-corrected chi connectivity index (χ1v) is 8.68. The van der Waals surface area contributed by atoms with Crippen LogP contribution in [0.1, 0.15) is 32.3 Å². The second-order valence-corrected chi connectivity index (χ2v) is 7.78. The van der Waals surface area contributed by atoms with Gasteiger partial charge in [-0.1, -0.05) is 31.5 Å². The topological polar surface area (TPSA) is 49.4 Å². The van der Waals surface area contributed by atoms with Gasteiger partial charge in [0.15, 0.2) is 0 Å². The molecule has 20 heavy (non-hydrogen) atoms. The highest BCUT2D eigenvalue weighted by molar-refractivity contribution is 7.89. The van der Waals surface area contributed by atoms with E-state index >= 15 is 0 Å². The molecule has 1 heterocycles. The van der Waals surface area contributed by atoms with Crippen molar-refractivity contribution in [1.82, 2.24) is 9.62 Å². The zero-order valence-electron chi connectivity index (χ0n) is 12.1. The van der Waals surface area contributed by atoms with Gasteiger partial charge in [-0.05, 0) is 30.5 Å². The average Bonchev–Trinajstić information content (AvgIpc) is 2.39. The summed E-state index contributed by atoms with van der Waals surface area (Å²) in [6, 6.07) is 5.20. The third-order valence-corrected chi connectivity index (χ3v) is 6.14. The number of benzene rings is 1. The highest BCUT2D eigenvalue weighted by atomic mass is 35.5. The van der Waals surface area contributed by atoms with Crippen LogP contribution in [0.4, 0.5) is 0 Å². The quantitative estimate of drug-likeness (QED) is 0.932. The molecule has 0 unspecified atom stereocenters. The number of rotatable bonds is 3. The van der Waals surface area contributed by atoms with E-state index in [0.29, 0.717) is 24.7 Å². The lowest BCUT2D eigenvalue weighted by Gasteiger charge is -2.33. The second kappa shape index (κ2) is 6.02. The van der Waals surface area contributed by atoms with Crippen molar-refractivity contribution in [2.75, 3.05) is 19.6 Å². The molecule has 1 aliphatic rings. The van der Waals surface area contributed by atoms with E-state index in [1.807, 2.05) is 26.8 Å². The highest BCUT2D eigenvalue weighted by Crippen LogP contribution is 2.29. The third kappa shape index (κ3) is 3.01. The summed E-state index contributed by atoms with van der Waals surface area (Å²) < 4.78 is 27.2. The second-order valence-electron chi connectivity index (χ2n) is 5.51. The number of nitrogens with one attached hydrogen (secondary N) is 1. The smallest absolute Gasteiger partial charge is 0.244 e.